The second-order valence-corrected chi connectivity index (χ2v) is 6.53. The maximum atomic E-state index is 12.5. The van der Waals surface area contributed by atoms with Gasteiger partial charge in [0, 0.05) is 23.4 Å². The van der Waals surface area contributed by atoms with Crippen molar-refractivity contribution in [3.63, 3.8) is 0 Å². The quantitative estimate of drug-likeness (QED) is 0.566. The summed E-state index contributed by atoms with van der Waals surface area (Å²) >= 11 is 0. The first kappa shape index (κ1) is 17.9. The van der Waals surface area contributed by atoms with Gasteiger partial charge in [0.05, 0.1) is 4.92 Å². The first-order chi connectivity index (χ1) is 12.5. The number of para-hydroxylation sites is 1. The van der Waals surface area contributed by atoms with E-state index >= 15 is 0 Å². The van der Waals surface area contributed by atoms with Gasteiger partial charge in [-0.25, -0.2) is 0 Å². The van der Waals surface area contributed by atoms with E-state index in [1.54, 1.807) is 12.1 Å². The summed E-state index contributed by atoms with van der Waals surface area (Å²) < 4.78 is 0. The molecule has 0 radical (unpaired) electrons. The molecule has 0 aromatic heterocycles. The summed E-state index contributed by atoms with van der Waals surface area (Å²) in [5.41, 5.74) is 1.27. The molecule has 2 aromatic rings. The van der Waals surface area contributed by atoms with Crippen LogP contribution in [0.4, 0.5) is 17.1 Å². The van der Waals surface area contributed by atoms with Gasteiger partial charge >= 0.3 is 0 Å². The van der Waals surface area contributed by atoms with Crippen molar-refractivity contribution in [2.75, 3.05) is 18.4 Å². The van der Waals surface area contributed by atoms with Crippen LogP contribution >= 0.6 is 0 Å². The summed E-state index contributed by atoms with van der Waals surface area (Å²) in [4.78, 5) is 23.5. The molecule has 3 rings (SSSR count). The lowest BCUT2D eigenvalue weighted by atomic mass is 9.95. The van der Waals surface area contributed by atoms with Crippen molar-refractivity contribution in [3.05, 3.63) is 64.2 Å². The van der Waals surface area contributed by atoms with E-state index < -0.39 is 4.92 Å². The molecule has 0 saturated carbocycles. The number of anilines is 2. The molecule has 0 spiro atoms. The van der Waals surface area contributed by atoms with Crippen molar-refractivity contribution in [2.45, 2.75) is 19.4 Å². The minimum absolute atomic E-state index is 0.0740. The molecule has 136 valence electrons. The average molecular weight is 354 g/mol. The second kappa shape index (κ2) is 7.97. The Hall–Kier alpha value is -2.93. The number of piperidine rings is 1. The second-order valence-electron chi connectivity index (χ2n) is 6.53. The standard InChI is InChI=1S/C19H22N4O3/c1-13-12-20-10-9-16(13)22-19(24)14-7-8-17(18(11-14)23(25)26)21-15-5-3-2-4-6-15/h2-8,11,13,16,20-21H,9-10,12H2,1H3,(H,22,24). The highest BCUT2D eigenvalue weighted by Gasteiger charge is 2.24. The van der Waals surface area contributed by atoms with Crippen LogP contribution in [0.5, 0.6) is 0 Å². The average Bonchev–Trinajstić information content (AvgIpc) is 2.64. The van der Waals surface area contributed by atoms with Gasteiger partial charge < -0.3 is 16.0 Å². The molecule has 26 heavy (non-hydrogen) atoms. The number of amides is 1. The number of carbonyl (C=O) groups is 1. The Balaban J connectivity index is 1.79. The van der Waals surface area contributed by atoms with Gasteiger partial charge in [0.1, 0.15) is 5.69 Å². The minimum atomic E-state index is -0.477. The molecule has 1 aliphatic rings. The molecule has 1 aliphatic heterocycles. The number of nitrogens with zero attached hydrogens (tertiary/aromatic N) is 1. The van der Waals surface area contributed by atoms with Gasteiger partial charge in [0.2, 0.25) is 0 Å². The molecule has 3 N–H and O–H groups in total. The van der Waals surface area contributed by atoms with E-state index in [4.69, 9.17) is 0 Å². The Kier molecular flexibility index (Phi) is 5.48. The van der Waals surface area contributed by atoms with Gasteiger partial charge in [-0.2, -0.15) is 0 Å². The van der Waals surface area contributed by atoms with Crippen LogP contribution in [0, 0.1) is 16.0 Å². The van der Waals surface area contributed by atoms with Gasteiger partial charge in [0.15, 0.2) is 0 Å². The predicted octanol–water partition coefficient (Wildman–Crippen LogP) is 3.07. The summed E-state index contributed by atoms with van der Waals surface area (Å²) in [6.07, 6.45) is 0.850. The van der Waals surface area contributed by atoms with Crippen LogP contribution in [-0.4, -0.2) is 30.0 Å². The molecule has 2 atom stereocenters. The molecular weight excluding hydrogens is 332 g/mol. The number of carbonyl (C=O) groups excluding carboxylic acids is 1. The summed E-state index contributed by atoms with van der Waals surface area (Å²) in [6, 6.07) is 13.8. The molecule has 1 heterocycles. The lowest BCUT2D eigenvalue weighted by Gasteiger charge is -2.30. The number of nitrogens with one attached hydrogen (secondary N) is 3. The van der Waals surface area contributed by atoms with Gasteiger partial charge in [0.25, 0.3) is 11.6 Å². The van der Waals surface area contributed by atoms with Gasteiger partial charge in [-0.15, -0.1) is 0 Å². The van der Waals surface area contributed by atoms with Crippen LogP contribution in [0.2, 0.25) is 0 Å². The van der Waals surface area contributed by atoms with Crippen LogP contribution in [0.15, 0.2) is 48.5 Å². The third-order valence-corrected chi connectivity index (χ3v) is 4.61. The Morgan fingerprint density at radius 3 is 2.69 bits per heavy atom. The van der Waals surface area contributed by atoms with Crippen LogP contribution in [0.3, 0.4) is 0 Å². The highest BCUT2D eigenvalue weighted by Crippen LogP contribution is 2.28. The maximum absolute atomic E-state index is 12.5. The number of hydrogen-bond donors (Lipinski definition) is 3. The maximum Gasteiger partial charge on any atom is 0.293 e. The van der Waals surface area contributed by atoms with Crippen molar-refractivity contribution in [2.24, 2.45) is 5.92 Å². The third kappa shape index (κ3) is 4.18. The first-order valence-corrected chi connectivity index (χ1v) is 8.66. The Labute approximate surface area is 152 Å². The molecular formula is C19H22N4O3. The zero-order valence-electron chi connectivity index (χ0n) is 14.6. The normalized spacial score (nSPS) is 19.6. The zero-order valence-corrected chi connectivity index (χ0v) is 14.6. The van der Waals surface area contributed by atoms with Crippen molar-refractivity contribution < 1.29 is 9.72 Å². The van der Waals surface area contributed by atoms with Gasteiger partial charge in [-0.3, -0.25) is 14.9 Å². The largest absolute Gasteiger partial charge is 0.350 e. The smallest absolute Gasteiger partial charge is 0.293 e. The number of rotatable bonds is 5. The Morgan fingerprint density at radius 1 is 1.23 bits per heavy atom. The van der Waals surface area contributed by atoms with Crippen molar-refractivity contribution >= 4 is 23.0 Å². The SMILES string of the molecule is CC1CNCCC1NC(=O)c1ccc(Nc2ccccc2)c([N+](=O)[O-])c1. The van der Waals surface area contributed by atoms with Crippen molar-refractivity contribution in [3.8, 4) is 0 Å². The molecule has 1 saturated heterocycles. The molecule has 2 unspecified atom stereocenters. The predicted molar refractivity (Wildman–Crippen MR) is 101 cm³/mol. The number of benzene rings is 2. The fraction of sp³-hybridized carbons (Fsp3) is 0.316. The first-order valence-electron chi connectivity index (χ1n) is 8.66. The van der Waals surface area contributed by atoms with Crippen LogP contribution in [-0.2, 0) is 0 Å². The highest BCUT2D eigenvalue weighted by atomic mass is 16.6. The van der Waals surface area contributed by atoms with E-state index in [-0.39, 0.29) is 17.6 Å². The van der Waals surface area contributed by atoms with E-state index in [1.165, 1.54) is 6.07 Å². The molecule has 0 aliphatic carbocycles. The summed E-state index contributed by atoms with van der Waals surface area (Å²) in [7, 11) is 0. The lowest BCUT2D eigenvalue weighted by Crippen LogP contribution is -2.48. The van der Waals surface area contributed by atoms with E-state index in [2.05, 4.69) is 22.9 Å². The van der Waals surface area contributed by atoms with Crippen LogP contribution < -0.4 is 16.0 Å². The van der Waals surface area contributed by atoms with Crippen LogP contribution in [0.25, 0.3) is 0 Å². The fourth-order valence-corrected chi connectivity index (χ4v) is 3.09. The third-order valence-electron chi connectivity index (χ3n) is 4.61. The summed E-state index contributed by atoms with van der Waals surface area (Å²) in [6.45, 7) is 3.78. The van der Waals surface area contributed by atoms with E-state index in [0.717, 1.165) is 25.2 Å². The fourth-order valence-electron chi connectivity index (χ4n) is 3.09. The molecule has 1 fully saturated rings. The summed E-state index contributed by atoms with van der Waals surface area (Å²) in [5, 5.41) is 20.8. The van der Waals surface area contributed by atoms with Gasteiger partial charge in [-0.05, 0) is 49.7 Å². The highest BCUT2D eigenvalue weighted by molar-refractivity contribution is 5.96. The van der Waals surface area contributed by atoms with Crippen LogP contribution in [0.1, 0.15) is 23.7 Å². The molecule has 1 amide bonds. The Morgan fingerprint density at radius 2 is 2.00 bits per heavy atom. The number of hydrogen-bond acceptors (Lipinski definition) is 5. The van der Waals surface area contributed by atoms with E-state index in [1.807, 2.05) is 30.3 Å². The number of nitro groups is 1. The van der Waals surface area contributed by atoms with E-state index in [9.17, 15) is 14.9 Å². The van der Waals surface area contributed by atoms with Crippen molar-refractivity contribution in [1.82, 2.24) is 10.6 Å². The number of nitro benzene ring substituents is 1. The topological polar surface area (TPSA) is 96.3 Å². The zero-order chi connectivity index (χ0) is 18.5. The lowest BCUT2D eigenvalue weighted by molar-refractivity contribution is -0.383. The van der Waals surface area contributed by atoms with E-state index in [0.29, 0.717) is 17.2 Å². The molecule has 2 aromatic carbocycles. The Bertz CT molecular complexity index is 795. The molecule has 7 nitrogen and oxygen atoms in total. The van der Waals surface area contributed by atoms with Crippen molar-refractivity contribution in [1.29, 1.82) is 0 Å². The molecule has 7 heteroatoms. The monoisotopic (exact) mass is 354 g/mol. The summed E-state index contributed by atoms with van der Waals surface area (Å²) in [5.74, 6) is 0.0415. The molecule has 0 bridgehead atoms. The van der Waals surface area contributed by atoms with Gasteiger partial charge in [-0.1, -0.05) is 25.1 Å². The minimum Gasteiger partial charge on any atom is -0.350 e.